The quantitative estimate of drug-likeness (QED) is 0.710. The zero-order chi connectivity index (χ0) is 18.7. The molecule has 0 saturated heterocycles. The topological polar surface area (TPSA) is 88.1 Å². The van der Waals surface area contributed by atoms with E-state index in [4.69, 9.17) is 4.74 Å². The molecule has 0 aliphatic rings. The molecule has 0 bridgehead atoms. The van der Waals surface area contributed by atoms with E-state index in [1.54, 1.807) is 29.2 Å². The van der Waals surface area contributed by atoms with Gasteiger partial charge in [0.2, 0.25) is 0 Å². The Hall–Kier alpha value is -2.87. The third-order valence-electron chi connectivity index (χ3n) is 4.51. The van der Waals surface area contributed by atoms with Crippen molar-refractivity contribution in [1.29, 1.82) is 0 Å². The highest BCUT2D eigenvalue weighted by molar-refractivity contribution is 5.94. The molecule has 0 fully saturated rings. The molecule has 8 nitrogen and oxygen atoms in total. The molecule has 2 amide bonds. The summed E-state index contributed by atoms with van der Waals surface area (Å²) < 4.78 is 6.87. The number of aromatic nitrogens is 4. The predicted molar refractivity (Wildman–Crippen MR) is 100 cm³/mol. The number of rotatable bonds is 6. The number of hydrogen-bond acceptors (Lipinski definition) is 4. The number of nitrogens with zero attached hydrogens (tertiary/aromatic N) is 4. The molecule has 3 rings (SSSR count). The van der Waals surface area contributed by atoms with Crippen LogP contribution in [0.1, 0.15) is 16.7 Å². The number of aryl methyl sites for hydroxylation is 2. The van der Waals surface area contributed by atoms with Crippen LogP contribution >= 0.6 is 0 Å². The molecule has 0 radical (unpaired) electrons. The number of imidazole rings is 1. The highest BCUT2D eigenvalue weighted by atomic mass is 16.5. The lowest BCUT2D eigenvalue weighted by atomic mass is 10.1. The number of nitrogens with one attached hydrogen (secondary N) is 2. The standard InChI is InChI=1S/C18H24N6O2/c1-12-13(2)17-16(19-11-20-17)7-15(12)22-18(25)24(5-6-26-4)10-14-8-21-23(3)9-14/h7-9,11H,5-6,10H2,1-4H3,(H,19,20)(H,22,25). The Kier molecular flexibility index (Phi) is 5.22. The van der Waals surface area contributed by atoms with Crippen molar-refractivity contribution in [2.75, 3.05) is 25.6 Å². The summed E-state index contributed by atoms with van der Waals surface area (Å²) in [5, 5.41) is 7.19. The minimum Gasteiger partial charge on any atom is -0.383 e. The van der Waals surface area contributed by atoms with Crippen molar-refractivity contribution in [3.8, 4) is 0 Å². The summed E-state index contributed by atoms with van der Waals surface area (Å²) in [6, 6.07) is 1.74. The van der Waals surface area contributed by atoms with E-state index in [9.17, 15) is 4.79 Å². The molecule has 0 aliphatic carbocycles. The number of aromatic amines is 1. The smallest absolute Gasteiger partial charge is 0.322 e. The number of methoxy groups -OCH3 is 1. The summed E-state index contributed by atoms with van der Waals surface area (Å²) in [6.07, 6.45) is 5.33. The predicted octanol–water partition coefficient (Wildman–Crippen LogP) is 2.59. The average molecular weight is 356 g/mol. The number of ether oxygens (including phenoxy) is 1. The Bertz CT molecular complexity index is 914. The van der Waals surface area contributed by atoms with E-state index in [0.29, 0.717) is 19.7 Å². The summed E-state index contributed by atoms with van der Waals surface area (Å²) in [4.78, 5) is 22.0. The Morgan fingerprint density at radius 2 is 2.19 bits per heavy atom. The molecule has 0 saturated carbocycles. The van der Waals surface area contributed by atoms with E-state index >= 15 is 0 Å². The zero-order valence-electron chi connectivity index (χ0n) is 15.5. The van der Waals surface area contributed by atoms with Gasteiger partial charge in [-0.15, -0.1) is 0 Å². The van der Waals surface area contributed by atoms with Crippen LogP contribution < -0.4 is 5.32 Å². The number of urea groups is 1. The molecule has 1 aromatic carbocycles. The minimum absolute atomic E-state index is 0.174. The lowest BCUT2D eigenvalue weighted by Crippen LogP contribution is -2.37. The maximum Gasteiger partial charge on any atom is 0.322 e. The molecule has 2 aromatic heterocycles. The molecule has 0 unspecified atom stereocenters. The van der Waals surface area contributed by atoms with Crippen LogP contribution in [0.5, 0.6) is 0 Å². The SMILES string of the molecule is COCCN(Cc1cnn(C)c1)C(=O)Nc1cc2[nH]cnc2c(C)c1C. The van der Waals surface area contributed by atoms with E-state index in [1.165, 1.54) is 0 Å². The molecule has 0 spiro atoms. The number of amides is 2. The van der Waals surface area contributed by atoms with Gasteiger partial charge < -0.3 is 19.9 Å². The van der Waals surface area contributed by atoms with Gasteiger partial charge in [0.15, 0.2) is 0 Å². The van der Waals surface area contributed by atoms with Crippen LogP contribution in [0.25, 0.3) is 11.0 Å². The van der Waals surface area contributed by atoms with Gasteiger partial charge in [-0.3, -0.25) is 4.68 Å². The zero-order valence-corrected chi connectivity index (χ0v) is 15.5. The Morgan fingerprint density at radius 3 is 2.88 bits per heavy atom. The first-order valence-electron chi connectivity index (χ1n) is 8.45. The Balaban J connectivity index is 1.81. The summed E-state index contributed by atoms with van der Waals surface area (Å²) in [5.74, 6) is 0. The number of fused-ring (bicyclic) bond motifs is 1. The van der Waals surface area contributed by atoms with E-state index in [1.807, 2.05) is 33.2 Å². The number of anilines is 1. The monoisotopic (exact) mass is 356 g/mol. The maximum absolute atomic E-state index is 12.9. The fraction of sp³-hybridized carbons (Fsp3) is 0.389. The second-order valence-electron chi connectivity index (χ2n) is 6.34. The van der Waals surface area contributed by atoms with Crippen molar-refractivity contribution in [2.45, 2.75) is 20.4 Å². The first-order valence-corrected chi connectivity index (χ1v) is 8.45. The third kappa shape index (κ3) is 3.70. The van der Waals surface area contributed by atoms with Crippen LogP contribution in [-0.4, -0.2) is 50.9 Å². The van der Waals surface area contributed by atoms with Gasteiger partial charge in [-0.25, -0.2) is 9.78 Å². The third-order valence-corrected chi connectivity index (χ3v) is 4.51. The van der Waals surface area contributed by atoms with Gasteiger partial charge in [0.1, 0.15) is 0 Å². The van der Waals surface area contributed by atoms with Gasteiger partial charge in [-0.1, -0.05) is 0 Å². The van der Waals surface area contributed by atoms with Gasteiger partial charge in [0.05, 0.1) is 36.7 Å². The van der Waals surface area contributed by atoms with Crippen LogP contribution in [0.4, 0.5) is 10.5 Å². The molecule has 8 heteroatoms. The van der Waals surface area contributed by atoms with Crippen molar-refractivity contribution in [3.05, 3.63) is 41.5 Å². The Morgan fingerprint density at radius 1 is 1.38 bits per heavy atom. The van der Waals surface area contributed by atoms with Crippen molar-refractivity contribution >= 4 is 22.8 Å². The fourth-order valence-electron chi connectivity index (χ4n) is 2.90. The second-order valence-corrected chi connectivity index (χ2v) is 6.34. The van der Waals surface area contributed by atoms with Gasteiger partial charge in [-0.2, -0.15) is 5.10 Å². The molecule has 138 valence electrons. The van der Waals surface area contributed by atoms with Crippen LogP contribution in [0.15, 0.2) is 24.8 Å². The van der Waals surface area contributed by atoms with Crippen molar-refractivity contribution in [1.82, 2.24) is 24.6 Å². The Labute approximate surface area is 152 Å². The first-order chi connectivity index (χ1) is 12.5. The van der Waals surface area contributed by atoms with Gasteiger partial charge in [-0.05, 0) is 31.0 Å². The highest BCUT2D eigenvalue weighted by Crippen LogP contribution is 2.26. The first kappa shape index (κ1) is 17.9. The second kappa shape index (κ2) is 7.57. The van der Waals surface area contributed by atoms with Crippen LogP contribution in [0.3, 0.4) is 0 Å². The van der Waals surface area contributed by atoms with Gasteiger partial charge in [0.25, 0.3) is 0 Å². The largest absolute Gasteiger partial charge is 0.383 e. The molecular weight excluding hydrogens is 332 g/mol. The van der Waals surface area contributed by atoms with Crippen LogP contribution in [-0.2, 0) is 18.3 Å². The lowest BCUT2D eigenvalue weighted by molar-refractivity contribution is 0.153. The molecule has 3 aromatic rings. The van der Waals surface area contributed by atoms with E-state index in [0.717, 1.165) is 33.4 Å². The molecule has 26 heavy (non-hydrogen) atoms. The van der Waals surface area contributed by atoms with Crippen molar-refractivity contribution < 1.29 is 9.53 Å². The van der Waals surface area contributed by atoms with Gasteiger partial charge in [0, 0.05) is 38.1 Å². The van der Waals surface area contributed by atoms with Crippen molar-refractivity contribution in [3.63, 3.8) is 0 Å². The molecule has 2 heterocycles. The summed E-state index contributed by atoms with van der Waals surface area (Å²) >= 11 is 0. The van der Waals surface area contributed by atoms with Crippen LogP contribution in [0, 0.1) is 13.8 Å². The molecule has 2 N–H and O–H groups in total. The average Bonchev–Trinajstić information content (AvgIpc) is 3.24. The van der Waals surface area contributed by atoms with Crippen molar-refractivity contribution in [2.24, 2.45) is 7.05 Å². The lowest BCUT2D eigenvalue weighted by Gasteiger charge is -2.23. The molecular formula is C18H24N6O2. The number of H-pyrrole nitrogens is 1. The highest BCUT2D eigenvalue weighted by Gasteiger charge is 2.17. The number of carbonyl (C=O) groups excluding carboxylic acids is 1. The van der Waals surface area contributed by atoms with Gasteiger partial charge >= 0.3 is 6.03 Å². The minimum atomic E-state index is -0.174. The number of carbonyl (C=O) groups is 1. The van der Waals surface area contributed by atoms with E-state index < -0.39 is 0 Å². The number of benzene rings is 1. The normalized spacial score (nSPS) is 11.1. The summed E-state index contributed by atoms with van der Waals surface area (Å²) in [5.41, 5.74) is 5.63. The molecule has 0 aliphatic heterocycles. The van der Waals surface area contributed by atoms with E-state index in [2.05, 4.69) is 20.4 Å². The number of hydrogen-bond donors (Lipinski definition) is 2. The van der Waals surface area contributed by atoms with E-state index in [-0.39, 0.29) is 6.03 Å². The molecule has 0 atom stereocenters. The summed E-state index contributed by atoms with van der Waals surface area (Å²) in [6.45, 7) is 5.41. The fourth-order valence-corrected chi connectivity index (χ4v) is 2.90. The maximum atomic E-state index is 12.9. The summed E-state index contributed by atoms with van der Waals surface area (Å²) in [7, 11) is 3.48. The van der Waals surface area contributed by atoms with Crippen LogP contribution in [0.2, 0.25) is 0 Å².